The molecule has 0 saturated carbocycles. The zero-order valence-corrected chi connectivity index (χ0v) is 17.2. The Morgan fingerprint density at radius 1 is 1.00 bits per heavy atom. The Balaban J connectivity index is -0.000000980. The van der Waals surface area contributed by atoms with Crippen LogP contribution >= 0.6 is 0 Å². The van der Waals surface area contributed by atoms with Gasteiger partial charge < -0.3 is 19.8 Å². The summed E-state index contributed by atoms with van der Waals surface area (Å²) in [5, 5.41) is 20.2. The van der Waals surface area contributed by atoms with Gasteiger partial charge in [-0.3, -0.25) is 0 Å². The van der Waals surface area contributed by atoms with E-state index in [0.717, 1.165) is 10.6 Å². The fourth-order valence-electron chi connectivity index (χ4n) is 0.875. The van der Waals surface area contributed by atoms with Crippen molar-refractivity contribution in [3.63, 3.8) is 0 Å². The number of sulfonamides is 1. The first-order valence-electron chi connectivity index (χ1n) is 4.08. The van der Waals surface area contributed by atoms with Crippen LogP contribution in [0.5, 0.6) is 0 Å². The van der Waals surface area contributed by atoms with Crippen LogP contribution in [0.2, 0.25) is 0 Å². The van der Waals surface area contributed by atoms with E-state index in [1.807, 2.05) is 0 Å². The van der Waals surface area contributed by atoms with Crippen LogP contribution in [0.15, 0.2) is 0 Å². The van der Waals surface area contributed by atoms with Crippen molar-refractivity contribution in [2.75, 3.05) is 19.3 Å². The normalized spacial score (nSPS) is 10.2. The summed E-state index contributed by atoms with van der Waals surface area (Å²) in [6.45, 7) is -0.594. The van der Waals surface area contributed by atoms with Gasteiger partial charge in [0.25, 0.3) is 0 Å². The molecule has 0 aromatic carbocycles. The van der Waals surface area contributed by atoms with E-state index >= 15 is 0 Å². The molecule has 17 heavy (non-hydrogen) atoms. The Hall–Kier alpha value is 2.12. The van der Waals surface area contributed by atoms with Gasteiger partial charge in [0, 0.05) is 37.9 Å². The Morgan fingerprint density at radius 3 is 1.47 bits per heavy atom. The van der Waals surface area contributed by atoms with Crippen LogP contribution in [0.1, 0.15) is 12.8 Å². The van der Waals surface area contributed by atoms with E-state index in [9.17, 15) is 28.2 Å². The van der Waals surface area contributed by atoms with Gasteiger partial charge in [-0.05, 0) is 0 Å². The van der Waals surface area contributed by atoms with Crippen molar-refractivity contribution in [3.05, 3.63) is 0 Å². The Kier molecular flexibility index (Phi) is 16.9. The van der Waals surface area contributed by atoms with Gasteiger partial charge >= 0.3 is 103 Å². The molecule has 0 N–H and O–H groups in total. The van der Waals surface area contributed by atoms with E-state index in [1.165, 1.54) is 0 Å². The first-order valence-corrected chi connectivity index (χ1v) is 5.93. The Bertz CT molecular complexity index is 326. The topological polar surface area (TPSA) is 118 Å². The molecule has 0 atom stereocenters. The molecule has 0 unspecified atom stereocenters. The average Bonchev–Trinajstić information content (AvgIpc) is 2.00. The average molecular weight is 315 g/mol. The van der Waals surface area contributed by atoms with E-state index in [1.54, 1.807) is 0 Å². The third-order valence-electron chi connectivity index (χ3n) is 1.60. The van der Waals surface area contributed by atoms with Gasteiger partial charge in [0.2, 0.25) is 10.0 Å². The standard InChI is InChI=1S/C7H13NO6S.2K/c1-15(13,14)8(4-2-6(9)10)5-3-7(11)12;;/h2-5H2,1H3,(H,9,10)(H,11,12);;/q;2*+1/p-2. The number of rotatable bonds is 7. The quantitative estimate of drug-likeness (QED) is 0.431. The van der Waals surface area contributed by atoms with E-state index in [2.05, 4.69) is 0 Å². The second-order valence-electron chi connectivity index (χ2n) is 2.91. The zero-order valence-electron chi connectivity index (χ0n) is 10.1. The van der Waals surface area contributed by atoms with Crippen molar-refractivity contribution in [1.82, 2.24) is 4.31 Å². The number of hydrogen-bond acceptors (Lipinski definition) is 6. The van der Waals surface area contributed by atoms with Crippen LogP contribution in [0.3, 0.4) is 0 Å². The van der Waals surface area contributed by atoms with Crippen LogP contribution in [-0.4, -0.2) is 44.0 Å². The van der Waals surface area contributed by atoms with Crippen molar-refractivity contribution in [3.8, 4) is 0 Å². The van der Waals surface area contributed by atoms with Gasteiger partial charge in [-0.2, -0.15) is 0 Å². The predicted octanol–water partition coefficient (Wildman–Crippen LogP) is -9.46. The number of aliphatic carboxylic acids is 2. The van der Waals surface area contributed by atoms with Crippen LogP contribution in [0.25, 0.3) is 0 Å². The maximum absolute atomic E-state index is 11.1. The van der Waals surface area contributed by atoms with E-state index in [-0.39, 0.29) is 116 Å². The summed E-state index contributed by atoms with van der Waals surface area (Å²) >= 11 is 0. The summed E-state index contributed by atoms with van der Waals surface area (Å²) in [6.07, 6.45) is -0.0716. The molecule has 0 heterocycles. The Morgan fingerprint density at radius 2 is 1.29 bits per heavy atom. The van der Waals surface area contributed by atoms with Crippen LogP contribution in [0.4, 0.5) is 0 Å². The molecule has 88 valence electrons. The molecule has 0 fully saturated rings. The number of carbonyl (C=O) groups is 2. The molecule has 0 aromatic rings. The minimum atomic E-state index is -3.61. The van der Waals surface area contributed by atoms with Gasteiger partial charge in [0.15, 0.2) is 0 Å². The molecule has 0 saturated heterocycles. The van der Waals surface area contributed by atoms with Gasteiger partial charge in [0.1, 0.15) is 0 Å². The number of carboxylic acid groups (broad SMARTS) is 2. The summed E-state index contributed by atoms with van der Waals surface area (Å²) in [5.41, 5.74) is 0. The van der Waals surface area contributed by atoms with Gasteiger partial charge in [-0.15, -0.1) is 0 Å². The molecule has 0 aliphatic rings. The number of carboxylic acids is 2. The molecule has 0 aliphatic heterocycles. The van der Waals surface area contributed by atoms with Gasteiger partial charge in [0.05, 0.1) is 6.26 Å². The third-order valence-corrected chi connectivity index (χ3v) is 2.90. The van der Waals surface area contributed by atoms with E-state index in [0.29, 0.717) is 0 Å². The van der Waals surface area contributed by atoms with E-state index < -0.39 is 34.8 Å². The molecule has 0 aliphatic carbocycles. The van der Waals surface area contributed by atoms with Crippen molar-refractivity contribution < 1.29 is 131 Å². The summed E-state index contributed by atoms with van der Waals surface area (Å²) in [7, 11) is -3.61. The molecular formula is C7H11K2NO6S. The van der Waals surface area contributed by atoms with Crippen molar-refractivity contribution in [1.29, 1.82) is 0 Å². The molecular weight excluding hydrogens is 304 g/mol. The molecule has 0 rings (SSSR count). The molecule has 0 amide bonds. The number of hydrogen-bond donors (Lipinski definition) is 0. The molecule has 0 bridgehead atoms. The fourth-order valence-corrected chi connectivity index (χ4v) is 1.72. The first-order chi connectivity index (χ1) is 6.73. The monoisotopic (exact) mass is 315 g/mol. The predicted molar refractivity (Wildman–Crippen MR) is 45.7 cm³/mol. The largest absolute Gasteiger partial charge is 1.00 e. The van der Waals surface area contributed by atoms with Gasteiger partial charge in [-0.1, -0.05) is 0 Å². The molecule has 0 aromatic heterocycles. The summed E-state index contributed by atoms with van der Waals surface area (Å²) < 4.78 is 22.9. The molecule has 7 nitrogen and oxygen atoms in total. The first kappa shape index (κ1) is 24.2. The van der Waals surface area contributed by atoms with Gasteiger partial charge in [-0.25, -0.2) is 12.7 Å². The van der Waals surface area contributed by atoms with E-state index in [4.69, 9.17) is 0 Å². The Labute approximate surface area is 185 Å². The van der Waals surface area contributed by atoms with Crippen LogP contribution < -0.4 is 113 Å². The maximum atomic E-state index is 11.1. The van der Waals surface area contributed by atoms with Crippen LogP contribution in [0, 0.1) is 0 Å². The number of nitrogens with zero attached hydrogens (tertiary/aromatic N) is 1. The van der Waals surface area contributed by atoms with Crippen molar-refractivity contribution in [2.45, 2.75) is 12.8 Å². The fraction of sp³-hybridized carbons (Fsp3) is 0.714. The minimum Gasteiger partial charge on any atom is -0.550 e. The van der Waals surface area contributed by atoms with Crippen LogP contribution in [-0.2, 0) is 19.6 Å². The number of carbonyl (C=O) groups excluding carboxylic acids is 2. The molecule has 0 spiro atoms. The minimum absolute atomic E-state index is 0. The van der Waals surface area contributed by atoms with Crippen molar-refractivity contribution in [2.24, 2.45) is 0 Å². The SMILES string of the molecule is CS(=O)(=O)N(CCC(=O)[O-])CCC(=O)[O-].[K+].[K+]. The summed E-state index contributed by atoms with van der Waals surface area (Å²) in [4.78, 5) is 20.2. The maximum Gasteiger partial charge on any atom is 1.00 e. The third kappa shape index (κ3) is 14.3. The smallest absolute Gasteiger partial charge is 0.550 e. The second kappa shape index (κ2) is 11.9. The molecule has 10 heteroatoms. The van der Waals surface area contributed by atoms with Crippen molar-refractivity contribution >= 4 is 22.0 Å². The molecule has 0 radical (unpaired) electrons. The summed E-state index contributed by atoms with van der Waals surface area (Å²) in [5.74, 6) is -2.78. The summed E-state index contributed by atoms with van der Waals surface area (Å²) in [6, 6.07) is 0. The second-order valence-corrected chi connectivity index (χ2v) is 4.89. The zero-order chi connectivity index (χ0) is 12.1.